The molecule has 0 aliphatic carbocycles. The summed E-state index contributed by atoms with van der Waals surface area (Å²) < 4.78 is 31.9. The van der Waals surface area contributed by atoms with Crippen molar-refractivity contribution in [1.29, 1.82) is 0 Å². The Morgan fingerprint density at radius 1 is 0.807 bits per heavy atom. The van der Waals surface area contributed by atoms with Crippen molar-refractivity contribution in [3.63, 3.8) is 0 Å². The molecule has 1 N–H and O–H groups in total. The molecule has 316 valence electrons. The Labute approximate surface area is 347 Å². The van der Waals surface area contributed by atoms with E-state index < -0.39 is 34.3 Å². The van der Waals surface area contributed by atoms with E-state index in [2.05, 4.69) is 116 Å². The highest BCUT2D eigenvalue weighted by Crippen LogP contribution is 2.37. The number of aliphatic hydroxyl groups is 1. The third kappa shape index (κ3) is 13.5. The highest BCUT2D eigenvalue weighted by atomic mass is 28.4. The third-order valence-electron chi connectivity index (χ3n) is 11.8. The van der Waals surface area contributed by atoms with E-state index in [9.17, 15) is 9.90 Å². The maximum atomic E-state index is 12.7. The summed E-state index contributed by atoms with van der Waals surface area (Å²) in [5, 5.41) is 14.3. The Morgan fingerprint density at radius 2 is 1.35 bits per heavy atom. The number of aliphatic hydroxyl groups excluding tert-OH is 1. The third-order valence-corrected chi connectivity index (χ3v) is 21.5. The SMILES string of the molecule is CC[Si](CC)(CC)O[C@H](C/C=C/[C@H](O)[C@H](OCc1ccc(OC)cc1)[C@H](C)[C@@H](C)CCO[Si](c1ccccc1)(c1ccccc1)C(C)(C)C)COC(=O)C(C)(C)C. The molecule has 0 spiro atoms. The van der Waals surface area contributed by atoms with Crippen molar-refractivity contribution >= 4 is 33.0 Å². The first-order chi connectivity index (χ1) is 27.0. The van der Waals surface area contributed by atoms with Gasteiger partial charge in [-0.05, 0) is 96.7 Å². The molecule has 0 bridgehead atoms. The van der Waals surface area contributed by atoms with Crippen LogP contribution in [0.5, 0.6) is 5.75 Å². The first kappa shape index (κ1) is 48.3. The average molecular weight is 819 g/mol. The van der Waals surface area contributed by atoms with Gasteiger partial charge in [0.25, 0.3) is 8.32 Å². The lowest BCUT2D eigenvalue weighted by Crippen LogP contribution is -2.66. The molecule has 0 fully saturated rings. The monoisotopic (exact) mass is 818 g/mol. The fourth-order valence-corrected chi connectivity index (χ4v) is 15.0. The van der Waals surface area contributed by atoms with Crippen LogP contribution in [0, 0.1) is 17.3 Å². The Bertz CT molecular complexity index is 1560. The summed E-state index contributed by atoms with van der Waals surface area (Å²) >= 11 is 0. The molecular formula is C48H74O7Si2. The van der Waals surface area contributed by atoms with Crippen molar-refractivity contribution in [3.8, 4) is 5.75 Å². The van der Waals surface area contributed by atoms with Gasteiger partial charge in [0, 0.05) is 6.61 Å². The minimum absolute atomic E-state index is 0.00855. The van der Waals surface area contributed by atoms with Crippen LogP contribution in [0.3, 0.4) is 0 Å². The number of esters is 1. The predicted octanol–water partition coefficient (Wildman–Crippen LogP) is 10.1. The fraction of sp³-hybridized carbons (Fsp3) is 0.562. The maximum Gasteiger partial charge on any atom is 0.311 e. The van der Waals surface area contributed by atoms with Crippen LogP contribution in [0.25, 0.3) is 0 Å². The van der Waals surface area contributed by atoms with Gasteiger partial charge in [-0.2, -0.15) is 0 Å². The lowest BCUT2D eigenvalue weighted by Gasteiger charge is -2.43. The Morgan fingerprint density at radius 3 is 1.82 bits per heavy atom. The van der Waals surface area contributed by atoms with Gasteiger partial charge in [0.05, 0.1) is 37.4 Å². The molecule has 0 amide bonds. The zero-order valence-electron chi connectivity index (χ0n) is 37.2. The summed E-state index contributed by atoms with van der Waals surface area (Å²) in [5.41, 5.74) is 0.401. The number of carbonyl (C=O) groups excluding carboxylic acids is 1. The highest BCUT2D eigenvalue weighted by Gasteiger charge is 2.50. The van der Waals surface area contributed by atoms with Crippen molar-refractivity contribution in [1.82, 2.24) is 0 Å². The minimum atomic E-state index is -2.69. The topological polar surface area (TPSA) is 83.5 Å². The number of hydrogen-bond acceptors (Lipinski definition) is 7. The number of ether oxygens (including phenoxy) is 3. The largest absolute Gasteiger partial charge is 0.497 e. The van der Waals surface area contributed by atoms with E-state index in [0.29, 0.717) is 19.6 Å². The zero-order valence-corrected chi connectivity index (χ0v) is 39.2. The summed E-state index contributed by atoms with van der Waals surface area (Å²) in [6.07, 6.45) is 3.49. The fourth-order valence-electron chi connectivity index (χ4n) is 7.59. The molecule has 0 saturated heterocycles. The number of hydrogen-bond donors (Lipinski definition) is 1. The number of rotatable bonds is 23. The highest BCUT2D eigenvalue weighted by molar-refractivity contribution is 6.99. The number of methoxy groups -OCH3 is 1. The summed E-state index contributed by atoms with van der Waals surface area (Å²) in [7, 11) is -3.03. The van der Waals surface area contributed by atoms with Gasteiger partial charge in [-0.3, -0.25) is 4.79 Å². The molecule has 3 aromatic rings. The number of carbonyl (C=O) groups is 1. The minimum Gasteiger partial charge on any atom is -0.497 e. The number of benzene rings is 3. The van der Waals surface area contributed by atoms with Gasteiger partial charge in [0.15, 0.2) is 8.32 Å². The second-order valence-electron chi connectivity index (χ2n) is 17.7. The van der Waals surface area contributed by atoms with E-state index in [0.717, 1.165) is 35.9 Å². The van der Waals surface area contributed by atoms with Crippen LogP contribution in [0.2, 0.25) is 23.2 Å². The van der Waals surface area contributed by atoms with Crippen LogP contribution >= 0.6 is 0 Å². The van der Waals surface area contributed by atoms with E-state index in [1.54, 1.807) is 7.11 Å². The van der Waals surface area contributed by atoms with E-state index in [1.165, 1.54) is 10.4 Å². The van der Waals surface area contributed by atoms with Gasteiger partial charge in [-0.1, -0.05) is 140 Å². The van der Waals surface area contributed by atoms with Gasteiger partial charge < -0.3 is 28.2 Å². The molecular weight excluding hydrogens is 745 g/mol. The van der Waals surface area contributed by atoms with Crippen LogP contribution in [-0.4, -0.2) is 66.3 Å². The van der Waals surface area contributed by atoms with Gasteiger partial charge in [-0.15, -0.1) is 0 Å². The standard InChI is InChI=1S/C48H74O7Si2/c1-13-56(14-2,15-3)55-41(36-53-46(50)47(6,7)8)23-22-28-44(49)45(52-35-39-29-31-40(51-12)32-30-39)38(5)37(4)33-34-54-57(48(9,10)11,42-24-18-16-19-25-42)43-26-20-17-21-27-43/h16-22,24-32,37-38,41,44-45,49H,13-15,23,33-36H2,1-12H3/b28-22+/t37-,38+,41+,44-,45+/m0/s1. The van der Waals surface area contributed by atoms with Gasteiger partial charge >= 0.3 is 5.97 Å². The van der Waals surface area contributed by atoms with Gasteiger partial charge in [0.1, 0.15) is 12.4 Å². The second kappa shape index (κ2) is 22.4. The molecule has 0 aliphatic heterocycles. The lowest BCUT2D eigenvalue weighted by atomic mass is 9.85. The summed E-state index contributed by atoms with van der Waals surface area (Å²) in [5.74, 6) is 0.703. The first-order valence-electron chi connectivity index (χ1n) is 21.2. The lowest BCUT2D eigenvalue weighted by molar-refractivity contribution is -0.155. The van der Waals surface area contributed by atoms with Crippen molar-refractivity contribution in [3.05, 3.63) is 103 Å². The molecule has 0 radical (unpaired) electrons. The van der Waals surface area contributed by atoms with Crippen LogP contribution in [0.1, 0.15) is 94.6 Å². The molecule has 0 saturated carbocycles. The zero-order chi connectivity index (χ0) is 42.3. The maximum absolute atomic E-state index is 12.7. The van der Waals surface area contributed by atoms with Gasteiger partial charge in [0.2, 0.25) is 0 Å². The van der Waals surface area contributed by atoms with Crippen molar-refractivity contribution in [2.45, 2.75) is 137 Å². The molecule has 0 aliphatic rings. The molecule has 7 nitrogen and oxygen atoms in total. The van der Waals surface area contributed by atoms with E-state index in [1.807, 2.05) is 57.2 Å². The van der Waals surface area contributed by atoms with Crippen molar-refractivity contribution < 1.29 is 33.0 Å². The van der Waals surface area contributed by atoms with Crippen LogP contribution < -0.4 is 15.1 Å². The van der Waals surface area contributed by atoms with E-state index >= 15 is 0 Å². The Kier molecular flexibility index (Phi) is 18.9. The average Bonchev–Trinajstić information content (AvgIpc) is 3.20. The normalized spacial score (nSPS) is 15.5. The molecule has 0 heterocycles. The van der Waals surface area contributed by atoms with E-state index in [-0.39, 0.29) is 35.6 Å². The van der Waals surface area contributed by atoms with Crippen molar-refractivity contribution in [2.24, 2.45) is 17.3 Å². The Balaban J connectivity index is 1.86. The van der Waals surface area contributed by atoms with Crippen LogP contribution in [0.4, 0.5) is 0 Å². The molecule has 0 aromatic heterocycles. The molecule has 0 unspecified atom stereocenters. The quantitative estimate of drug-likeness (QED) is 0.0580. The molecule has 57 heavy (non-hydrogen) atoms. The molecule has 5 atom stereocenters. The van der Waals surface area contributed by atoms with Crippen molar-refractivity contribution in [2.75, 3.05) is 20.3 Å². The molecule has 3 aromatic carbocycles. The summed E-state index contributed by atoms with van der Waals surface area (Å²) in [4.78, 5) is 12.7. The van der Waals surface area contributed by atoms with E-state index in [4.69, 9.17) is 23.1 Å². The first-order valence-corrected chi connectivity index (χ1v) is 25.6. The smallest absolute Gasteiger partial charge is 0.311 e. The van der Waals surface area contributed by atoms with Crippen LogP contribution in [-0.2, 0) is 29.7 Å². The van der Waals surface area contributed by atoms with Gasteiger partial charge in [-0.25, -0.2) is 0 Å². The van der Waals surface area contributed by atoms with Crippen LogP contribution in [0.15, 0.2) is 97.1 Å². The summed E-state index contributed by atoms with van der Waals surface area (Å²) in [6.45, 7) is 24.6. The Hall–Kier alpha value is -3.06. The molecule has 9 heteroatoms. The second-order valence-corrected chi connectivity index (χ2v) is 26.8. The summed E-state index contributed by atoms with van der Waals surface area (Å²) in [6, 6.07) is 32.3. The predicted molar refractivity (Wildman–Crippen MR) is 240 cm³/mol. The molecule has 3 rings (SSSR count).